The van der Waals surface area contributed by atoms with Gasteiger partial charge in [0.15, 0.2) is 0 Å². The topological polar surface area (TPSA) is 189 Å². The number of amides is 5. The molecule has 0 bridgehead atoms. The summed E-state index contributed by atoms with van der Waals surface area (Å²) in [6.07, 6.45) is 6.89. The fraction of sp³-hybridized carbons (Fsp3) is 0.688. The van der Waals surface area contributed by atoms with Crippen LogP contribution in [0.4, 0.5) is 0 Å². The average Bonchev–Trinajstić information content (AvgIpc) is 3.64. The molecule has 1 aromatic heterocycles. The third-order valence-electron chi connectivity index (χ3n) is 10.3. The number of ketones is 1. The second-order valence-corrected chi connectivity index (χ2v) is 14.2. The van der Waals surface area contributed by atoms with E-state index >= 15 is 0 Å². The van der Waals surface area contributed by atoms with Gasteiger partial charge in [-0.2, -0.15) is 0 Å². The Bertz CT molecular complexity index is 1390. The van der Waals surface area contributed by atoms with Crippen LogP contribution in [0.15, 0.2) is 18.6 Å². The molecule has 0 spiro atoms. The number of piperidine rings is 1. The van der Waals surface area contributed by atoms with Crippen LogP contribution in [0.2, 0.25) is 0 Å². The molecule has 46 heavy (non-hydrogen) atoms. The van der Waals surface area contributed by atoms with E-state index in [-0.39, 0.29) is 23.6 Å². The number of carbonyl (C=O) groups excluding carboxylic acids is 6. The van der Waals surface area contributed by atoms with Gasteiger partial charge in [0.05, 0.1) is 12.3 Å². The Kier molecular flexibility index (Phi) is 9.22. The molecule has 2 aliphatic heterocycles. The van der Waals surface area contributed by atoms with Gasteiger partial charge in [0, 0.05) is 43.4 Å². The third kappa shape index (κ3) is 6.10. The summed E-state index contributed by atoms with van der Waals surface area (Å²) in [4.78, 5) is 90.5. The summed E-state index contributed by atoms with van der Waals surface area (Å²) in [7, 11) is 1.41. The molecule has 2 aliphatic carbocycles. The van der Waals surface area contributed by atoms with Crippen molar-refractivity contribution in [3.63, 3.8) is 0 Å². The van der Waals surface area contributed by atoms with Crippen LogP contribution < -0.4 is 21.3 Å². The highest BCUT2D eigenvalue weighted by Crippen LogP contribution is 2.59. The van der Waals surface area contributed by atoms with Gasteiger partial charge >= 0.3 is 0 Å². The molecule has 0 radical (unpaired) electrons. The summed E-state index contributed by atoms with van der Waals surface area (Å²) in [6.45, 7) is 9.31. The summed E-state index contributed by atoms with van der Waals surface area (Å²) in [5.41, 5.74) is -1.44. The van der Waals surface area contributed by atoms with E-state index in [0.29, 0.717) is 25.8 Å². The maximum absolute atomic E-state index is 14.4. The Morgan fingerprint density at radius 2 is 1.85 bits per heavy atom. The van der Waals surface area contributed by atoms with Crippen LogP contribution in [0.25, 0.3) is 0 Å². The van der Waals surface area contributed by atoms with Gasteiger partial charge in [-0.1, -0.05) is 27.7 Å². The van der Waals surface area contributed by atoms with Crippen molar-refractivity contribution in [2.24, 2.45) is 22.7 Å². The highest BCUT2D eigenvalue weighted by Gasteiger charge is 2.67. The quantitative estimate of drug-likeness (QED) is 0.244. The van der Waals surface area contributed by atoms with Crippen LogP contribution in [0, 0.1) is 22.7 Å². The van der Waals surface area contributed by atoms with E-state index in [2.05, 4.69) is 31.2 Å². The van der Waals surface area contributed by atoms with E-state index in [1.54, 1.807) is 11.8 Å². The molecule has 2 saturated heterocycles. The number of rotatable bonds is 11. The summed E-state index contributed by atoms with van der Waals surface area (Å²) < 4.78 is 5.39. The first-order valence-electron chi connectivity index (χ1n) is 16.1. The second-order valence-electron chi connectivity index (χ2n) is 14.2. The molecule has 4 aliphatic rings. The zero-order valence-corrected chi connectivity index (χ0v) is 27.3. The van der Waals surface area contributed by atoms with E-state index in [0.717, 1.165) is 12.8 Å². The number of aromatic nitrogens is 2. The molecule has 8 atom stereocenters. The first-order valence-corrected chi connectivity index (χ1v) is 16.1. The molecule has 4 fully saturated rings. The summed E-state index contributed by atoms with van der Waals surface area (Å²) >= 11 is 0. The zero-order valence-electron chi connectivity index (χ0n) is 27.3. The minimum Gasteiger partial charge on any atom is -0.379 e. The van der Waals surface area contributed by atoms with Crippen molar-refractivity contribution in [1.82, 2.24) is 36.1 Å². The lowest BCUT2D eigenvalue weighted by Gasteiger charge is -2.48. The molecule has 3 heterocycles. The summed E-state index contributed by atoms with van der Waals surface area (Å²) in [5.74, 6) is -3.81. The monoisotopic (exact) mass is 639 g/mol. The van der Waals surface area contributed by atoms with Crippen molar-refractivity contribution in [3.05, 3.63) is 24.3 Å². The smallest absolute Gasteiger partial charge is 0.289 e. The Labute approximate surface area is 268 Å². The minimum absolute atomic E-state index is 0.00772. The number of likely N-dealkylation sites (tertiary alicyclic amines) is 1. The first kappa shape index (κ1) is 33.4. The van der Waals surface area contributed by atoms with Crippen LogP contribution in [-0.2, 0) is 28.7 Å². The van der Waals surface area contributed by atoms with Gasteiger partial charge in [0.1, 0.15) is 29.9 Å². The molecule has 250 valence electrons. The first-order chi connectivity index (χ1) is 21.7. The standard InChI is InChI=1S/C32H45N7O7/c1-7-32-11-10-17-15-39(22(20(17)32)28(43)37-24(32)23(40)29(44)35-18-8-9-18)30(45)25(31(3,4)5)38-27(42)21(16(2)46-6)36-26(41)19-14-33-12-13-34-19/h12-14,16-18,20-22,24-25H,7-11,15H2,1-6H3,(H,35,44)(H,36,41)(H,37,43)(H,38,42)/t16-,17+,20+,21+,22+,24-,25-,32?/m1/s1. The van der Waals surface area contributed by atoms with Crippen LogP contribution in [0.5, 0.6) is 0 Å². The molecule has 5 rings (SSSR count). The molecule has 1 aromatic rings. The van der Waals surface area contributed by atoms with Crippen molar-refractivity contribution in [2.45, 2.75) is 103 Å². The van der Waals surface area contributed by atoms with E-state index in [4.69, 9.17) is 4.74 Å². The predicted molar refractivity (Wildman–Crippen MR) is 164 cm³/mol. The third-order valence-corrected chi connectivity index (χ3v) is 10.3. The predicted octanol–water partition coefficient (Wildman–Crippen LogP) is 0.120. The van der Waals surface area contributed by atoms with Crippen LogP contribution in [-0.4, -0.2) is 100 Å². The number of ether oxygens (including phenoxy) is 1. The molecule has 5 amide bonds. The lowest BCUT2D eigenvalue weighted by atomic mass is 9.63. The van der Waals surface area contributed by atoms with Crippen LogP contribution in [0.1, 0.15) is 77.2 Å². The average molecular weight is 640 g/mol. The van der Waals surface area contributed by atoms with Gasteiger partial charge < -0.3 is 30.9 Å². The SMILES string of the molecule is CCC12CC[C@H]3CN(C(=O)[C@@H](NC(=O)[C@@H](NC(=O)c4cnccn4)[C@@H](C)OC)C(C)(C)C)[C@H](C(=O)N[C@@H]1C(=O)C(=O)NC1CC1)[C@H]32. The fourth-order valence-corrected chi connectivity index (χ4v) is 7.62. The summed E-state index contributed by atoms with van der Waals surface area (Å²) in [6, 6.07) is -4.03. The number of carbonyl (C=O) groups is 6. The number of hydrogen-bond acceptors (Lipinski definition) is 9. The van der Waals surface area contributed by atoms with Crippen LogP contribution >= 0.6 is 0 Å². The number of methoxy groups -OCH3 is 1. The molecule has 14 nitrogen and oxygen atoms in total. The minimum atomic E-state index is -1.17. The van der Waals surface area contributed by atoms with Crippen molar-refractivity contribution in [3.8, 4) is 0 Å². The van der Waals surface area contributed by atoms with E-state index in [1.165, 1.54) is 25.7 Å². The molecular weight excluding hydrogens is 594 g/mol. The van der Waals surface area contributed by atoms with E-state index in [1.807, 2.05) is 27.7 Å². The van der Waals surface area contributed by atoms with Crippen molar-refractivity contribution < 1.29 is 33.5 Å². The normalized spacial score (nSPS) is 28.7. The second kappa shape index (κ2) is 12.7. The maximum atomic E-state index is 14.4. The van der Waals surface area contributed by atoms with Crippen molar-refractivity contribution in [2.75, 3.05) is 13.7 Å². The number of Topliss-reactive ketones (excluding diaryl/α,β-unsaturated/α-hetero) is 1. The fourth-order valence-electron chi connectivity index (χ4n) is 7.62. The van der Waals surface area contributed by atoms with E-state index in [9.17, 15) is 28.8 Å². The molecular formula is C32H45N7O7. The van der Waals surface area contributed by atoms with Crippen LogP contribution in [0.3, 0.4) is 0 Å². The Balaban J connectivity index is 1.38. The zero-order chi connectivity index (χ0) is 33.6. The molecule has 1 unspecified atom stereocenters. The van der Waals surface area contributed by atoms with E-state index < -0.39 is 76.4 Å². The number of nitrogens with one attached hydrogen (secondary N) is 4. The Morgan fingerprint density at radius 1 is 1.13 bits per heavy atom. The highest BCUT2D eigenvalue weighted by atomic mass is 16.5. The Hall–Kier alpha value is -3.94. The molecule has 2 saturated carbocycles. The maximum Gasteiger partial charge on any atom is 0.289 e. The Morgan fingerprint density at radius 3 is 2.43 bits per heavy atom. The van der Waals surface area contributed by atoms with Gasteiger partial charge in [0.25, 0.3) is 11.8 Å². The van der Waals surface area contributed by atoms with Gasteiger partial charge in [0.2, 0.25) is 23.5 Å². The highest BCUT2D eigenvalue weighted by molar-refractivity contribution is 6.39. The molecule has 0 aromatic carbocycles. The summed E-state index contributed by atoms with van der Waals surface area (Å²) in [5, 5.41) is 11.1. The van der Waals surface area contributed by atoms with Crippen molar-refractivity contribution in [1.29, 1.82) is 0 Å². The number of nitrogens with zero attached hydrogens (tertiary/aromatic N) is 3. The lowest BCUT2D eigenvalue weighted by molar-refractivity contribution is -0.153. The van der Waals surface area contributed by atoms with Gasteiger partial charge in [-0.15, -0.1) is 0 Å². The largest absolute Gasteiger partial charge is 0.379 e. The lowest BCUT2D eigenvalue weighted by Crippen LogP contribution is -2.69. The van der Waals surface area contributed by atoms with Gasteiger partial charge in [-0.3, -0.25) is 33.8 Å². The van der Waals surface area contributed by atoms with Crippen molar-refractivity contribution >= 4 is 35.3 Å². The number of hydrogen-bond donors (Lipinski definition) is 4. The molecule has 14 heteroatoms. The van der Waals surface area contributed by atoms with Gasteiger partial charge in [-0.25, -0.2) is 4.98 Å². The van der Waals surface area contributed by atoms with Gasteiger partial charge in [-0.05, 0) is 50.4 Å². The molecule has 4 N–H and O–H groups in total.